The van der Waals surface area contributed by atoms with Gasteiger partial charge in [0.05, 0.1) is 5.69 Å². The molecule has 0 amide bonds. The summed E-state index contributed by atoms with van der Waals surface area (Å²) in [5.41, 5.74) is 1.46. The molecule has 0 bridgehead atoms. The van der Waals surface area contributed by atoms with E-state index in [4.69, 9.17) is 0 Å². The van der Waals surface area contributed by atoms with Gasteiger partial charge in [-0.2, -0.15) is 13.2 Å². The Kier molecular flexibility index (Phi) is 5.44. The number of alkyl halides is 3. The molecule has 1 atom stereocenters. The van der Waals surface area contributed by atoms with Crippen LogP contribution in [0.25, 0.3) is 0 Å². The predicted molar refractivity (Wildman–Crippen MR) is 79.1 cm³/mol. The molecular weight excluding hydrogens is 309 g/mol. The Hall–Kier alpha value is -2.28. The summed E-state index contributed by atoms with van der Waals surface area (Å²) in [6, 6.07) is 11.5. The molecule has 2 aromatic rings. The third kappa shape index (κ3) is 5.78. The summed E-state index contributed by atoms with van der Waals surface area (Å²) < 4.78 is 41.0. The van der Waals surface area contributed by atoms with Crippen LogP contribution in [-0.2, 0) is 6.54 Å². The number of phenolic OH excluding ortho intramolecular Hbond substituents is 1. The molecule has 0 aliphatic rings. The minimum absolute atomic E-state index is 0.0522. The van der Waals surface area contributed by atoms with Crippen LogP contribution < -0.4 is 10.1 Å². The lowest BCUT2D eigenvalue weighted by molar-refractivity contribution is -0.154. The van der Waals surface area contributed by atoms with E-state index in [2.05, 4.69) is 15.0 Å². The van der Waals surface area contributed by atoms with Gasteiger partial charge in [-0.1, -0.05) is 18.2 Å². The first-order valence-electron chi connectivity index (χ1n) is 7.01. The Balaban J connectivity index is 1.93. The molecule has 23 heavy (non-hydrogen) atoms. The van der Waals surface area contributed by atoms with Gasteiger partial charge in [0.1, 0.15) is 5.75 Å². The molecule has 0 aliphatic heterocycles. The van der Waals surface area contributed by atoms with Crippen LogP contribution in [0.1, 0.15) is 24.2 Å². The van der Waals surface area contributed by atoms with Crippen molar-refractivity contribution < 1.29 is 23.0 Å². The summed E-state index contributed by atoms with van der Waals surface area (Å²) in [5.74, 6) is 0.114. The summed E-state index contributed by atoms with van der Waals surface area (Å²) in [6.07, 6.45) is -4.39. The fraction of sp³-hybridized carbons (Fsp3) is 0.312. The van der Waals surface area contributed by atoms with Crippen LogP contribution in [0.5, 0.6) is 11.6 Å². The van der Waals surface area contributed by atoms with Crippen molar-refractivity contribution in [2.75, 3.05) is 6.61 Å². The Morgan fingerprint density at radius 1 is 1.22 bits per heavy atom. The second kappa shape index (κ2) is 7.32. The number of halogens is 3. The van der Waals surface area contributed by atoms with Gasteiger partial charge in [-0.05, 0) is 30.7 Å². The van der Waals surface area contributed by atoms with E-state index in [0.29, 0.717) is 12.2 Å². The standard InChI is InChI=1S/C16H17F3N2O2/c1-11(12-4-2-6-14(22)8-12)20-9-13-5-3-7-15(21-13)23-10-16(17,18)19/h2-8,11,20,22H,9-10H2,1H3. The van der Waals surface area contributed by atoms with Gasteiger partial charge in [-0.3, -0.25) is 0 Å². The fourth-order valence-electron chi connectivity index (χ4n) is 1.96. The minimum Gasteiger partial charge on any atom is -0.508 e. The third-order valence-electron chi connectivity index (χ3n) is 3.12. The molecule has 0 fully saturated rings. The van der Waals surface area contributed by atoms with Crippen molar-refractivity contribution in [3.05, 3.63) is 53.7 Å². The number of rotatable bonds is 6. The molecule has 7 heteroatoms. The normalized spacial score (nSPS) is 12.9. The van der Waals surface area contributed by atoms with Gasteiger partial charge in [-0.15, -0.1) is 0 Å². The molecule has 0 saturated carbocycles. The van der Waals surface area contributed by atoms with Crippen LogP contribution in [0.2, 0.25) is 0 Å². The molecule has 0 saturated heterocycles. The highest BCUT2D eigenvalue weighted by molar-refractivity contribution is 5.29. The highest BCUT2D eigenvalue weighted by Gasteiger charge is 2.28. The summed E-state index contributed by atoms with van der Waals surface area (Å²) in [6.45, 7) is 0.912. The zero-order chi connectivity index (χ0) is 16.9. The summed E-state index contributed by atoms with van der Waals surface area (Å²) in [4.78, 5) is 4.02. The molecule has 1 heterocycles. The van der Waals surface area contributed by atoms with E-state index in [1.54, 1.807) is 30.3 Å². The topological polar surface area (TPSA) is 54.4 Å². The third-order valence-corrected chi connectivity index (χ3v) is 3.12. The number of aromatic nitrogens is 1. The molecule has 0 radical (unpaired) electrons. The molecule has 4 nitrogen and oxygen atoms in total. The second-order valence-corrected chi connectivity index (χ2v) is 5.07. The summed E-state index contributed by atoms with van der Waals surface area (Å²) in [5, 5.41) is 12.7. The van der Waals surface area contributed by atoms with Gasteiger partial charge in [0.2, 0.25) is 5.88 Å². The van der Waals surface area contributed by atoms with Gasteiger partial charge >= 0.3 is 6.18 Å². The van der Waals surface area contributed by atoms with Gasteiger partial charge < -0.3 is 15.2 Å². The summed E-state index contributed by atoms with van der Waals surface area (Å²) in [7, 11) is 0. The van der Waals surface area contributed by atoms with Crippen molar-refractivity contribution in [2.45, 2.75) is 25.7 Å². The molecule has 1 aromatic carbocycles. The summed E-state index contributed by atoms with van der Waals surface area (Å²) >= 11 is 0. The minimum atomic E-state index is -4.39. The van der Waals surface area contributed by atoms with E-state index in [1.807, 2.05) is 13.0 Å². The maximum Gasteiger partial charge on any atom is 0.422 e. The van der Waals surface area contributed by atoms with Gasteiger partial charge in [-0.25, -0.2) is 4.98 Å². The average Bonchev–Trinajstić information content (AvgIpc) is 2.50. The lowest BCUT2D eigenvalue weighted by Gasteiger charge is -2.15. The van der Waals surface area contributed by atoms with Gasteiger partial charge in [0.25, 0.3) is 0 Å². The highest BCUT2D eigenvalue weighted by Crippen LogP contribution is 2.19. The molecule has 124 valence electrons. The van der Waals surface area contributed by atoms with Crippen molar-refractivity contribution in [1.82, 2.24) is 10.3 Å². The maximum absolute atomic E-state index is 12.1. The number of benzene rings is 1. The van der Waals surface area contributed by atoms with Crippen molar-refractivity contribution in [3.63, 3.8) is 0 Å². The van der Waals surface area contributed by atoms with E-state index in [9.17, 15) is 18.3 Å². The average molecular weight is 326 g/mol. The first-order chi connectivity index (χ1) is 10.8. The van der Waals surface area contributed by atoms with Crippen LogP contribution in [0.4, 0.5) is 13.2 Å². The maximum atomic E-state index is 12.1. The van der Waals surface area contributed by atoms with Crippen molar-refractivity contribution in [2.24, 2.45) is 0 Å². The molecule has 0 aliphatic carbocycles. The molecule has 1 aromatic heterocycles. The number of aromatic hydroxyl groups is 1. The van der Waals surface area contributed by atoms with Gasteiger partial charge in [0, 0.05) is 18.7 Å². The smallest absolute Gasteiger partial charge is 0.422 e. The predicted octanol–water partition coefficient (Wildman–Crippen LogP) is 3.58. The first kappa shape index (κ1) is 17.1. The molecule has 2 N–H and O–H groups in total. The number of nitrogens with one attached hydrogen (secondary N) is 1. The lowest BCUT2D eigenvalue weighted by atomic mass is 10.1. The monoisotopic (exact) mass is 326 g/mol. The number of hydrogen-bond acceptors (Lipinski definition) is 4. The Morgan fingerprint density at radius 2 is 1.96 bits per heavy atom. The van der Waals surface area contributed by atoms with E-state index in [1.165, 1.54) is 6.07 Å². The zero-order valence-electron chi connectivity index (χ0n) is 12.5. The quantitative estimate of drug-likeness (QED) is 0.852. The number of pyridine rings is 1. The van der Waals surface area contributed by atoms with Crippen molar-refractivity contribution in [3.8, 4) is 11.6 Å². The van der Waals surface area contributed by atoms with E-state index < -0.39 is 12.8 Å². The van der Waals surface area contributed by atoms with Crippen LogP contribution >= 0.6 is 0 Å². The number of phenols is 1. The Bertz CT molecular complexity index is 647. The second-order valence-electron chi connectivity index (χ2n) is 5.07. The molecule has 2 rings (SSSR count). The number of ether oxygens (including phenoxy) is 1. The Morgan fingerprint density at radius 3 is 2.65 bits per heavy atom. The Labute approximate surface area is 131 Å². The largest absolute Gasteiger partial charge is 0.508 e. The molecule has 0 spiro atoms. The highest BCUT2D eigenvalue weighted by atomic mass is 19.4. The van der Waals surface area contributed by atoms with Crippen LogP contribution in [0.15, 0.2) is 42.5 Å². The number of nitrogens with zero attached hydrogens (tertiary/aromatic N) is 1. The fourth-order valence-corrected chi connectivity index (χ4v) is 1.96. The lowest BCUT2D eigenvalue weighted by Crippen LogP contribution is -2.21. The van der Waals surface area contributed by atoms with E-state index >= 15 is 0 Å². The zero-order valence-corrected chi connectivity index (χ0v) is 12.5. The van der Waals surface area contributed by atoms with Gasteiger partial charge in [0.15, 0.2) is 6.61 Å². The van der Waals surface area contributed by atoms with E-state index in [0.717, 1.165) is 5.56 Å². The SMILES string of the molecule is CC(NCc1cccc(OCC(F)(F)F)n1)c1cccc(O)c1. The van der Waals surface area contributed by atoms with Crippen LogP contribution in [-0.4, -0.2) is 22.9 Å². The van der Waals surface area contributed by atoms with Crippen LogP contribution in [0.3, 0.4) is 0 Å². The molecule has 1 unspecified atom stereocenters. The van der Waals surface area contributed by atoms with Crippen LogP contribution in [0, 0.1) is 0 Å². The first-order valence-corrected chi connectivity index (χ1v) is 7.01. The van der Waals surface area contributed by atoms with Crippen molar-refractivity contribution in [1.29, 1.82) is 0 Å². The molecular formula is C16H17F3N2O2. The van der Waals surface area contributed by atoms with E-state index in [-0.39, 0.29) is 17.7 Å². The van der Waals surface area contributed by atoms with Crippen molar-refractivity contribution >= 4 is 0 Å². The number of hydrogen-bond donors (Lipinski definition) is 2.